The summed E-state index contributed by atoms with van der Waals surface area (Å²) in [4.78, 5) is 2.59. The van der Waals surface area contributed by atoms with Gasteiger partial charge in [-0.15, -0.1) is 5.10 Å². The van der Waals surface area contributed by atoms with Crippen molar-refractivity contribution < 1.29 is 0 Å². The lowest BCUT2D eigenvalue weighted by molar-refractivity contribution is 0.114. The van der Waals surface area contributed by atoms with Crippen LogP contribution < -0.4 is 5.73 Å². The third-order valence-corrected chi connectivity index (χ3v) is 4.70. The predicted octanol–water partition coefficient (Wildman–Crippen LogP) is 0.462. The second kappa shape index (κ2) is 3.99. The lowest BCUT2D eigenvalue weighted by Gasteiger charge is -2.37. The third-order valence-electron chi connectivity index (χ3n) is 4.70. The van der Waals surface area contributed by atoms with Crippen LogP contribution in [-0.4, -0.2) is 43.2 Å². The van der Waals surface area contributed by atoms with E-state index in [9.17, 15) is 0 Å². The second-order valence-electron chi connectivity index (χ2n) is 6.06. The fourth-order valence-electron chi connectivity index (χ4n) is 3.66. The van der Waals surface area contributed by atoms with Crippen LogP contribution in [0.5, 0.6) is 0 Å². The van der Waals surface area contributed by atoms with E-state index in [0.717, 1.165) is 25.2 Å². The smallest absolute Gasteiger partial charge is 0.165 e. The maximum Gasteiger partial charge on any atom is 0.165 e. The minimum atomic E-state index is 0.401. The van der Waals surface area contributed by atoms with Gasteiger partial charge in [0.15, 0.2) is 5.82 Å². The number of aromatic nitrogens is 4. The molecule has 2 N–H and O–H groups in total. The number of piperidine rings is 1. The second-order valence-corrected chi connectivity index (χ2v) is 6.06. The molecule has 0 radical (unpaired) electrons. The van der Waals surface area contributed by atoms with Gasteiger partial charge in [-0.05, 0) is 49.0 Å². The summed E-state index contributed by atoms with van der Waals surface area (Å²) in [5.74, 6) is 1.05. The first-order chi connectivity index (χ1) is 8.81. The molecule has 18 heavy (non-hydrogen) atoms. The molecule has 2 unspecified atom stereocenters. The van der Waals surface area contributed by atoms with E-state index in [1.807, 2.05) is 4.68 Å². The van der Waals surface area contributed by atoms with Crippen LogP contribution in [0.4, 0.5) is 0 Å². The maximum absolute atomic E-state index is 6.11. The van der Waals surface area contributed by atoms with Gasteiger partial charge in [-0.25, -0.2) is 4.68 Å². The van der Waals surface area contributed by atoms with Crippen molar-refractivity contribution >= 4 is 0 Å². The average molecular weight is 248 g/mol. The molecule has 0 amide bonds. The fourth-order valence-corrected chi connectivity index (χ4v) is 3.66. The summed E-state index contributed by atoms with van der Waals surface area (Å²) in [6, 6.07) is 2.28. The lowest BCUT2D eigenvalue weighted by Crippen LogP contribution is -2.47. The number of nitrogens with two attached hydrogens (primary N) is 1. The average Bonchev–Trinajstić information content (AvgIpc) is 3.05. The van der Waals surface area contributed by atoms with E-state index in [4.69, 9.17) is 5.73 Å². The van der Waals surface area contributed by atoms with Crippen molar-refractivity contribution in [1.82, 2.24) is 25.1 Å². The molecule has 1 aromatic rings. The SMILES string of the molecule is NC1CC2CCC(C1)N2Cc1nnnn1C1CC1. The maximum atomic E-state index is 6.11. The Kier molecular flexibility index (Phi) is 2.41. The standard InChI is InChI=1S/C12H20N6/c13-8-5-10-3-4-11(6-8)17(10)7-12-14-15-16-18(12)9-1-2-9/h8-11H,1-7,13H2. The summed E-state index contributed by atoms with van der Waals surface area (Å²) in [7, 11) is 0. The van der Waals surface area contributed by atoms with Crippen molar-refractivity contribution in [2.24, 2.45) is 5.73 Å². The summed E-state index contributed by atoms with van der Waals surface area (Å²) in [6.07, 6.45) is 7.33. The molecule has 2 bridgehead atoms. The molecule has 2 aliphatic heterocycles. The van der Waals surface area contributed by atoms with Gasteiger partial charge in [0.05, 0.1) is 12.6 Å². The lowest BCUT2D eigenvalue weighted by atomic mass is 9.98. The van der Waals surface area contributed by atoms with E-state index in [1.165, 1.54) is 25.7 Å². The van der Waals surface area contributed by atoms with Crippen molar-refractivity contribution in [2.75, 3.05) is 0 Å². The summed E-state index contributed by atoms with van der Waals surface area (Å²) in [5.41, 5.74) is 6.11. The number of tetrazole rings is 1. The first-order valence-electron chi connectivity index (χ1n) is 7.09. The monoisotopic (exact) mass is 248 g/mol. The molecule has 3 heterocycles. The zero-order chi connectivity index (χ0) is 12.1. The van der Waals surface area contributed by atoms with Gasteiger partial charge in [0, 0.05) is 18.1 Å². The zero-order valence-corrected chi connectivity index (χ0v) is 10.6. The predicted molar refractivity (Wildman–Crippen MR) is 65.7 cm³/mol. The zero-order valence-electron chi connectivity index (χ0n) is 10.6. The Balaban J connectivity index is 1.53. The van der Waals surface area contributed by atoms with Crippen LogP contribution in [0.2, 0.25) is 0 Å². The number of hydrogen-bond acceptors (Lipinski definition) is 5. The number of rotatable bonds is 3. The Morgan fingerprint density at radius 2 is 1.72 bits per heavy atom. The van der Waals surface area contributed by atoms with Gasteiger partial charge in [-0.2, -0.15) is 0 Å². The molecular formula is C12H20N6. The van der Waals surface area contributed by atoms with E-state index in [2.05, 4.69) is 20.4 Å². The molecule has 1 saturated carbocycles. The largest absolute Gasteiger partial charge is 0.328 e. The Bertz CT molecular complexity index is 426. The fraction of sp³-hybridized carbons (Fsp3) is 0.917. The van der Waals surface area contributed by atoms with Crippen molar-refractivity contribution in [1.29, 1.82) is 0 Å². The van der Waals surface area contributed by atoms with Gasteiger partial charge < -0.3 is 5.73 Å². The van der Waals surface area contributed by atoms with Crippen LogP contribution in [0.25, 0.3) is 0 Å². The molecule has 2 saturated heterocycles. The molecule has 0 spiro atoms. The minimum Gasteiger partial charge on any atom is -0.328 e. The molecule has 3 fully saturated rings. The topological polar surface area (TPSA) is 72.9 Å². The van der Waals surface area contributed by atoms with Crippen LogP contribution in [0.1, 0.15) is 50.4 Å². The Labute approximate surface area is 107 Å². The van der Waals surface area contributed by atoms with Gasteiger partial charge in [-0.3, -0.25) is 4.90 Å². The van der Waals surface area contributed by atoms with E-state index >= 15 is 0 Å². The van der Waals surface area contributed by atoms with Gasteiger partial charge >= 0.3 is 0 Å². The van der Waals surface area contributed by atoms with Crippen molar-refractivity contribution in [3.05, 3.63) is 5.82 Å². The highest BCUT2D eigenvalue weighted by molar-refractivity contribution is 4.99. The third kappa shape index (κ3) is 1.75. The normalized spacial score (nSPS) is 36.2. The van der Waals surface area contributed by atoms with Gasteiger partial charge in [0.2, 0.25) is 0 Å². The molecule has 1 aromatic heterocycles. The molecule has 4 rings (SSSR count). The summed E-state index contributed by atoms with van der Waals surface area (Å²) >= 11 is 0. The van der Waals surface area contributed by atoms with Gasteiger partial charge in [0.1, 0.15) is 0 Å². The summed E-state index contributed by atoms with van der Waals surface area (Å²) < 4.78 is 2.04. The van der Waals surface area contributed by atoms with Crippen LogP contribution in [-0.2, 0) is 6.54 Å². The van der Waals surface area contributed by atoms with Crippen LogP contribution >= 0.6 is 0 Å². The number of fused-ring (bicyclic) bond motifs is 2. The summed E-state index contributed by atoms with van der Waals surface area (Å²) in [6.45, 7) is 0.908. The molecule has 0 aromatic carbocycles. The van der Waals surface area contributed by atoms with E-state index in [0.29, 0.717) is 24.2 Å². The Morgan fingerprint density at radius 3 is 2.39 bits per heavy atom. The van der Waals surface area contributed by atoms with Crippen LogP contribution in [0.3, 0.4) is 0 Å². The van der Waals surface area contributed by atoms with E-state index < -0.39 is 0 Å². The van der Waals surface area contributed by atoms with Gasteiger partial charge in [-0.1, -0.05) is 0 Å². The molecule has 98 valence electrons. The molecule has 1 aliphatic carbocycles. The first-order valence-corrected chi connectivity index (χ1v) is 7.09. The van der Waals surface area contributed by atoms with Crippen molar-refractivity contribution in [3.63, 3.8) is 0 Å². The Hall–Kier alpha value is -1.01. The highest BCUT2D eigenvalue weighted by Gasteiger charge is 2.40. The first kappa shape index (κ1) is 10.9. The highest BCUT2D eigenvalue weighted by atomic mass is 15.6. The Morgan fingerprint density at radius 1 is 1.06 bits per heavy atom. The van der Waals surface area contributed by atoms with Crippen LogP contribution in [0, 0.1) is 0 Å². The van der Waals surface area contributed by atoms with Gasteiger partial charge in [0.25, 0.3) is 0 Å². The van der Waals surface area contributed by atoms with E-state index in [-0.39, 0.29) is 0 Å². The van der Waals surface area contributed by atoms with E-state index in [1.54, 1.807) is 0 Å². The number of nitrogens with zero attached hydrogens (tertiary/aromatic N) is 5. The number of hydrogen-bond donors (Lipinski definition) is 1. The molecule has 6 heteroatoms. The molecule has 3 aliphatic rings. The van der Waals surface area contributed by atoms with Crippen LogP contribution in [0.15, 0.2) is 0 Å². The van der Waals surface area contributed by atoms with Crippen molar-refractivity contribution in [2.45, 2.75) is 69.2 Å². The van der Waals surface area contributed by atoms with Crippen molar-refractivity contribution in [3.8, 4) is 0 Å². The highest BCUT2D eigenvalue weighted by Crippen LogP contribution is 2.38. The quantitative estimate of drug-likeness (QED) is 0.841. The molecular weight excluding hydrogens is 228 g/mol. The molecule has 6 nitrogen and oxygen atoms in total. The summed E-state index contributed by atoms with van der Waals surface area (Å²) in [5, 5.41) is 12.2. The molecule has 2 atom stereocenters. The minimum absolute atomic E-state index is 0.401.